The molecule has 44 heavy (non-hydrogen) atoms. The smallest absolute Gasteiger partial charge is 0.482 e. The van der Waals surface area contributed by atoms with E-state index < -0.39 is 30.2 Å². The van der Waals surface area contributed by atoms with Crippen molar-refractivity contribution in [1.82, 2.24) is 20.3 Å². The molecule has 3 saturated carbocycles. The molecule has 0 unspecified atom stereocenters. The number of aromatic nitrogens is 3. The van der Waals surface area contributed by atoms with Crippen LogP contribution in [-0.4, -0.2) is 64.3 Å². The van der Waals surface area contributed by atoms with E-state index in [1.165, 1.54) is 11.8 Å². The lowest BCUT2D eigenvalue weighted by atomic mass is 9.43. The Hall–Kier alpha value is -3.22. The highest BCUT2D eigenvalue weighted by atomic mass is 32.1. The van der Waals surface area contributed by atoms with Gasteiger partial charge in [-0.15, -0.1) is 5.10 Å². The van der Waals surface area contributed by atoms with Crippen LogP contribution in [0.3, 0.4) is 0 Å². The molecule has 1 N–H and O–H groups in total. The van der Waals surface area contributed by atoms with Gasteiger partial charge in [0.05, 0.1) is 31.0 Å². The van der Waals surface area contributed by atoms with Gasteiger partial charge < -0.3 is 24.1 Å². The minimum absolute atomic E-state index is 0.0200. The Morgan fingerprint density at radius 1 is 1.23 bits per heavy atom. The molecule has 0 spiro atoms. The number of hydrogen-bond donors (Lipinski definition) is 1. The summed E-state index contributed by atoms with van der Waals surface area (Å²) < 4.78 is 26.3. The number of carbonyl (C=O) groups is 2. The first-order valence-corrected chi connectivity index (χ1v) is 16.2. The summed E-state index contributed by atoms with van der Waals surface area (Å²) >= 11 is 1.58. The second kappa shape index (κ2) is 11.3. The number of esters is 1. The average molecular weight is 621 g/mol. The topological polar surface area (TPSA) is 114 Å². The summed E-state index contributed by atoms with van der Waals surface area (Å²) in [5.74, 6) is 0.0804. The minimum Gasteiger partial charge on any atom is -0.496 e. The number of nitrogens with one attached hydrogen (secondary N) is 1. The third kappa shape index (κ3) is 5.67. The normalized spacial score (nSPS) is 26.0. The van der Waals surface area contributed by atoms with Crippen LogP contribution in [0, 0.1) is 17.3 Å². The average Bonchev–Trinajstić information content (AvgIpc) is 3.70. The van der Waals surface area contributed by atoms with Crippen LogP contribution in [0.15, 0.2) is 41.2 Å². The quantitative estimate of drug-likeness (QED) is 0.264. The van der Waals surface area contributed by atoms with Gasteiger partial charge in [-0.1, -0.05) is 31.2 Å². The van der Waals surface area contributed by atoms with Crippen LogP contribution in [0.5, 0.6) is 5.75 Å². The first kappa shape index (κ1) is 30.8. The van der Waals surface area contributed by atoms with Crippen molar-refractivity contribution in [3.8, 4) is 17.0 Å². The van der Waals surface area contributed by atoms with Crippen molar-refractivity contribution in [1.29, 1.82) is 0 Å². The SMILES string of the molecule is COc1c(C[C@H](NC(=O)Cn2cc(-c3ccsc3)nn2)B2O[C@@H]3C[C@@H]4C[C@@H](C4(C)C)[C@]3(C)O2)cccc1C(=O)OC(C)(C)C. The fourth-order valence-corrected chi connectivity index (χ4v) is 7.97. The van der Waals surface area contributed by atoms with Crippen molar-refractivity contribution in [3.05, 3.63) is 52.3 Å². The number of amides is 1. The Morgan fingerprint density at radius 2 is 2.02 bits per heavy atom. The molecule has 7 rings (SSSR count). The molecule has 2 bridgehead atoms. The summed E-state index contributed by atoms with van der Waals surface area (Å²) in [6.07, 6.45) is 4.07. The predicted molar refractivity (Wildman–Crippen MR) is 167 cm³/mol. The molecule has 1 aliphatic heterocycles. The number of nitrogens with zero attached hydrogens (tertiary/aromatic N) is 3. The van der Waals surface area contributed by atoms with Gasteiger partial charge in [-0.25, -0.2) is 9.48 Å². The van der Waals surface area contributed by atoms with Gasteiger partial charge in [0.15, 0.2) is 0 Å². The van der Waals surface area contributed by atoms with Crippen LogP contribution in [-0.2, 0) is 31.8 Å². The Labute approximate surface area is 262 Å². The molecule has 1 aromatic carbocycles. The molecule has 3 aliphatic carbocycles. The molecule has 3 heterocycles. The highest BCUT2D eigenvalue weighted by molar-refractivity contribution is 7.08. The molecule has 1 saturated heterocycles. The minimum atomic E-state index is -0.684. The van der Waals surface area contributed by atoms with Crippen LogP contribution < -0.4 is 10.1 Å². The number of benzene rings is 1. The molecule has 2 aromatic heterocycles. The van der Waals surface area contributed by atoms with Crippen molar-refractivity contribution in [2.45, 2.75) is 90.6 Å². The predicted octanol–water partition coefficient (Wildman–Crippen LogP) is 4.97. The van der Waals surface area contributed by atoms with E-state index in [9.17, 15) is 9.59 Å². The zero-order chi connectivity index (χ0) is 31.4. The molecular weight excluding hydrogens is 579 g/mol. The zero-order valence-electron chi connectivity index (χ0n) is 26.5. The summed E-state index contributed by atoms with van der Waals surface area (Å²) in [7, 11) is 0.847. The summed E-state index contributed by atoms with van der Waals surface area (Å²) in [6, 6.07) is 7.34. The molecule has 0 radical (unpaired) electrons. The van der Waals surface area contributed by atoms with E-state index in [4.69, 9.17) is 18.8 Å². The van der Waals surface area contributed by atoms with E-state index in [2.05, 4.69) is 36.4 Å². The summed E-state index contributed by atoms with van der Waals surface area (Å²) in [4.78, 5) is 26.6. The number of methoxy groups -OCH3 is 1. The number of ether oxygens (including phenoxy) is 2. The number of hydrogen-bond acceptors (Lipinski definition) is 9. The number of para-hydroxylation sites is 1. The van der Waals surface area contributed by atoms with Crippen LogP contribution in [0.2, 0.25) is 0 Å². The Bertz CT molecular complexity index is 1540. The summed E-state index contributed by atoms with van der Waals surface area (Å²) in [6.45, 7) is 12.2. The summed E-state index contributed by atoms with van der Waals surface area (Å²) in [5.41, 5.74) is 1.80. The lowest BCUT2D eigenvalue weighted by Crippen LogP contribution is -2.65. The number of rotatable bonds is 9. The van der Waals surface area contributed by atoms with Crippen molar-refractivity contribution < 1.29 is 28.4 Å². The molecular formula is C32H41BN4O6S. The first-order valence-electron chi connectivity index (χ1n) is 15.2. The number of carbonyl (C=O) groups excluding carboxylic acids is 2. The van der Waals surface area contributed by atoms with Gasteiger partial charge in [0.1, 0.15) is 29.2 Å². The second-order valence-corrected chi connectivity index (χ2v) is 14.8. The molecule has 12 heteroatoms. The van der Waals surface area contributed by atoms with Crippen molar-refractivity contribution >= 4 is 30.3 Å². The van der Waals surface area contributed by atoms with Gasteiger partial charge in [-0.05, 0) is 87.3 Å². The molecule has 4 fully saturated rings. The van der Waals surface area contributed by atoms with Crippen LogP contribution in [0.25, 0.3) is 11.3 Å². The van der Waals surface area contributed by atoms with E-state index in [1.807, 2.05) is 43.7 Å². The molecule has 5 atom stereocenters. The van der Waals surface area contributed by atoms with E-state index in [0.29, 0.717) is 35.3 Å². The van der Waals surface area contributed by atoms with Crippen LogP contribution in [0.1, 0.15) is 70.3 Å². The van der Waals surface area contributed by atoms with Gasteiger partial charge in [-0.3, -0.25) is 4.79 Å². The first-order chi connectivity index (χ1) is 20.8. The lowest BCUT2D eigenvalue weighted by Gasteiger charge is -2.64. The van der Waals surface area contributed by atoms with Gasteiger partial charge in [-0.2, -0.15) is 11.3 Å². The highest BCUT2D eigenvalue weighted by Gasteiger charge is 2.68. The fourth-order valence-electron chi connectivity index (χ4n) is 7.32. The van der Waals surface area contributed by atoms with Crippen molar-refractivity contribution in [2.75, 3.05) is 7.11 Å². The Kier molecular flexibility index (Phi) is 7.91. The third-order valence-electron chi connectivity index (χ3n) is 9.66. The number of thiophene rings is 1. The van der Waals surface area contributed by atoms with Gasteiger partial charge in [0.2, 0.25) is 5.91 Å². The zero-order valence-corrected chi connectivity index (χ0v) is 27.3. The molecule has 234 valence electrons. The molecule has 10 nitrogen and oxygen atoms in total. The maximum absolute atomic E-state index is 13.5. The van der Waals surface area contributed by atoms with Crippen molar-refractivity contribution in [2.24, 2.45) is 17.3 Å². The van der Waals surface area contributed by atoms with E-state index in [-0.39, 0.29) is 24.0 Å². The van der Waals surface area contributed by atoms with E-state index in [0.717, 1.165) is 24.0 Å². The second-order valence-electron chi connectivity index (χ2n) is 14.0. The van der Waals surface area contributed by atoms with Gasteiger partial charge in [0.25, 0.3) is 0 Å². The van der Waals surface area contributed by atoms with Gasteiger partial charge in [0, 0.05) is 10.9 Å². The molecule has 4 aliphatic rings. The lowest BCUT2D eigenvalue weighted by molar-refractivity contribution is -0.199. The maximum atomic E-state index is 13.5. The van der Waals surface area contributed by atoms with Gasteiger partial charge >= 0.3 is 13.1 Å². The van der Waals surface area contributed by atoms with Crippen molar-refractivity contribution in [3.63, 3.8) is 0 Å². The standard InChI is InChI=1S/C32H41BN4O6S/c1-30(2,3)41-29(39)22-10-8-9-19(28(22)40-7)13-26(33-42-25-15-21-14-24(31(21,4)5)32(25,6)43-33)34-27(38)17-37-16-23(35-36-37)20-11-12-44-18-20/h8-12,16,18,21,24-26H,13-15,17H2,1-7H3,(H,34,38)/t21-,24-,25+,26-,32-/m0/s1. The Morgan fingerprint density at radius 3 is 2.70 bits per heavy atom. The third-order valence-corrected chi connectivity index (χ3v) is 10.3. The van der Waals surface area contributed by atoms with E-state index in [1.54, 1.807) is 29.7 Å². The van der Waals surface area contributed by atoms with E-state index >= 15 is 0 Å². The molecule has 1 amide bonds. The summed E-state index contributed by atoms with van der Waals surface area (Å²) in [5, 5.41) is 15.5. The highest BCUT2D eigenvalue weighted by Crippen LogP contribution is 2.65. The fraction of sp³-hybridized carbons (Fsp3) is 0.562. The monoisotopic (exact) mass is 620 g/mol. The van der Waals surface area contributed by atoms with Crippen LogP contribution in [0.4, 0.5) is 0 Å². The van der Waals surface area contributed by atoms with Crippen LogP contribution >= 0.6 is 11.3 Å². The maximum Gasteiger partial charge on any atom is 0.482 e. The Balaban J connectivity index is 1.26. The largest absolute Gasteiger partial charge is 0.496 e. The molecule has 3 aromatic rings.